The van der Waals surface area contributed by atoms with Gasteiger partial charge in [-0.1, -0.05) is 41.4 Å². The molecule has 31 heavy (non-hydrogen) atoms. The lowest BCUT2D eigenvalue weighted by atomic mass is 10.0. The molecule has 0 bridgehead atoms. The maximum absolute atomic E-state index is 13.2. The highest BCUT2D eigenvalue weighted by Crippen LogP contribution is 2.35. The van der Waals surface area contributed by atoms with Crippen LogP contribution in [0.4, 0.5) is 5.69 Å². The van der Waals surface area contributed by atoms with E-state index in [0.29, 0.717) is 44.0 Å². The summed E-state index contributed by atoms with van der Waals surface area (Å²) in [5.74, 6) is 0.947. The molecule has 0 unspecified atom stereocenters. The van der Waals surface area contributed by atoms with Gasteiger partial charge in [-0.15, -0.1) is 0 Å². The number of anilines is 1. The van der Waals surface area contributed by atoms with Gasteiger partial charge in [0.25, 0.3) is 5.91 Å². The van der Waals surface area contributed by atoms with Gasteiger partial charge in [0.1, 0.15) is 11.5 Å². The quantitative estimate of drug-likeness (QED) is 0.376. The lowest BCUT2D eigenvalue weighted by Gasteiger charge is -2.14. The molecule has 1 heterocycles. The van der Waals surface area contributed by atoms with Crippen molar-refractivity contribution in [3.05, 3.63) is 82.3 Å². The van der Waals surface area contributed by atoms with Gasteiger partial charge >= 0.3 is 0 Å². The Kier molecular flexibility index (Phi) is 5.98. The zero-order chi connectivity index (χ0) is 22.0. The van der Waals surface area contributed by atoms with Crippen LogP contribution >= 0.6 is 23.2 Å². The number of nitrogens with one attached hydrogen (secondary N) is 1. The number of carbonyl (C=O) groups excluding carboxylic acids is 1. The third-order valence-electron chi connectivity index (χ3n) is 4.82. The van der Waals surface area contributed by atoms with Crippen LogP contribution in [0.25, 0.3) is 22.2 Å². The maximum Gasteiger partial charge on any atom is 0.256 e. The molecule has 0 radical (unpaired) electrons. The van der Waals surface area contributed by atoms with E-state index in [1.165, 1.54) is 0 Å². The summed E-state index contributed by atoms with van der Waals surface area (Å²) in [6, 6.07) is 19.6. The van der Waals surface area contributed by atoms with Crippen LogP contribution in [0, 0.1) is 0 Å². The number of fused-ring (bicyclic) bond motifs is 1. The summed E-state index contributed by atoms with van der Waals surface area (Å²) >= 11 is 12.2. The molecule has 0 atom stereocenters. The van der Waals surface area contributed by atoms with Crippen LogP contribution in [0.1, 0.15) is 10.4 Å². The summed E-state index contributed by atoms with van der Waals surface area (Å²) in [7, 11) is 3.17. The Morgan fingerprint density at radius 1 is 0.935 bits per heavy atom. The number of ether oxygens (including phenoxy) is 2. The smallest absolute Gasteiger partial charge is 0.256 e. The van der Waals surface area contributed by atoms with Crippen molar-refractivity contribution in [2.75, 3.05) is 19.5 Å². The highest BCUT2D eigenvalue weighted by atomic mass is 35.5. The predicted molar refractivity (Wildman–Crippen MR) is 125 cm³/mol. The van der Waals surface area contributed by atoms with Gasteiger partial charge in [-0.25, -0.2) is 4.98 Å². The number of halogens is 2. The molecule has 7 heteroatoms. The van der Waals surface area contributed by atoms with Crippen molar-refractivity contribution < 1.29 is 14.3 Å². The third kappa shape index (κ3) is 4.29. The van der Waals surface area contributed by atoms with Crippen molar-refractivity contribution in [3.8, 4) is 22.8 Å². The number of amides is 1. The van der Waals surface area contributed by atoms with E-state index in [2.05, 4.69) is 5.32 Å². The first kappa shape index (κ1) is 21.0. The summed E-state index contributed by atoms with van der Waals surface area (Å²) in [6.07, 6.45) is 0. The van der Waals surface area contributed by atoms with Gasteiger partial charge in [0.15, 0.2) is 0 Å². The van der Waals surface area contributed by atoms with Crippen LogP contribution in [0.3, 0.4) is 0 Å². The van der Waals surface area contributed by atoms with E-state index >= 15 is 0 Å². The molecule has 1 aromatic heterocycles. The van der Waals surface area contributed by atoms with Gasteiger partial charge in [-0.05, 0) is 42.5 Å². The molecule has 3 aromatic carbocycles. The summed E-state index contributed by atoms with van der Waals surface area (Å²) in [5, 5.41) is 4.44. The van der Waals surface area contributed by atoms with Gasteiger partial charge in [0.05, 0.1) is 41.7 Å². The highest BCUT2D eigenvalue weighted by molar-refractivity contribution is 6.37. The van der Waals surface area contributed by atoms with Gasteiger partial charge in [0.2, 0.25) is 0 Å². The molecule has 156 valence electrons. The Balaban J connectivity index is 1.83. The second-order valence-electron chi connectivity index (χ2n) is 6.72. The minimum atomic E-state index is -0.309. The lowest BCUT2D eigenvalue weighted by molar-refractivity contribution is 0.102. The van der Waals surface area contributed by atoms with Gasteiger partial charge in [-0.2, -0.15) is 0 Å². The molecule has 0 aliphatic rings. The first-order chi connectivity index (χ1) is 15.0. The number of nitrogens with zero attached hydrogens (tertiary/aromatic N) is 1. The third-order valence-corrected chi connectivity index (χ3v) is 5.37. The molecule has 0 saturated carbocycles. The van der Waals surface area contributed by atoms with Gasteiger partial charge in [-0.3, -0.25) is 4.79 Å². The number of para-hydroxylation sites is 1. The molecule has 0 saturated heterocycles. The fraction of sp³-hybridized carbons (Fsp3) is 0.0833. The average Bonchev–Trinajstić information content (AvgIpc) is 2.79. The monoisotopic (exact) mass is 452 g/mol. The molecule has 1 N–H and O–H groups in total. The van der Waals surface area contributed by atoms with Crippen LogP contribution in [-0.2, 0) is 0 Å². The van der Waals surface area contributed by atoms with Crippen molar-refractivity contribution in [1.82, 2.24) is 4.98 Å². The van der Waals surface area contributed by atoms with E-state index in [1.807, 2.05) is 36.4 Å². The molecule has 0 fully saturated rings. The number of carbonyl (C=O) groups is 1. The summed E-state index contributed by atoms with van der Waals surface area (Å²) in [6.45, 7) is 0. The molecule has 1 amide bonds. The number of methoxy groups -OCH3 is 2. The van der Waals surface area contributed by atoms with Crippen molar-refractivity contribution in [2.24, 2.45) is 0 Å². The first-order valence-electron chi connectivity index (χ1n) is 9.38. The Bertz CT molecular complexity index is 1290. The van der Waals surface area contributed by atoms with Gasteiger partial charge < -0.3 is 14.8 Å². The Labute approximate surface area is 189 Å². The van der Waals surface area contributed by atoms with Gasteiger partial charge in [0, 0.05) is 22.0 Å². The molecule has 0 spiro atoms. The number of hydrogen-bond acceptors (Lipinski definition) is 4. The fourth-order valence-corrected chi connectivity index (χ4v) is 3.75. The van der Waals surface area contributed by atoms with E-state index in [0.717, 1.165) is 10.9 Å². The second kappa shape index (κ2) is 8.84. The summed E-state index contributed by atoms with van der Waals surface area (Å²) in [4.78, 5) is 18.0. The second-order valence-corrected chi connectivity index (χ2v) is 7.56. The van der Waals surface area contributed by atoms with Crippen molar-refractivity contribution in [2.45, 2.75) is 0 Å². The van der Waals surface area contributed by atoms with Crippen molar-refractivity contribution in [1.29, 1.82) is 0 Å². The van der Waals surface area contributed by atoms with Crippen molar-refractivity contribution >= 4 is 45.7 Å². The summed E-state index contributed by atoms with van der Waals surface area (Å²) in [5.41, 5.74) is 2.97. The molecular formula is C24H18Cl2N2O3. The van der Waals surface area contributed by atoms with E-state index in [1.54, 1.807) is 44.6 Å². The Morgan fingerprint density at radius 3 is 2.48 bits per heavy atom. The number of pyridine rings is 1. The Hall–Kier alpha value is -3.28. The number of aromatic nitrogens is 1. The lowest BCUT2D eigenvalue weighted by Crippen LogP contribution is -2.13. The molecule has 0 aliphatic carbocycles. The largest absolute Gasteiger partial charge is 0.497 e. The minimum absolute atomic E-state index is 0.309. The maximum atomic E-state index is 13.2. The van der Waals surface area contributed by atoms with Crippen LogP contribution in [0.5, 0.6) is 11.5 Å². The molecule has 5 nitrogen and oxygen atoms in total. The summed E-state index contributed by atoms with van der Waals surface area (Å²) < 4.78 is 10.8. The highest BCUT2D eigenvalue weighted by Gasteiger charge is 2.17. The topological polar surface area (TPSA) is 60.5 Å². The normalized spacial score (nSPS) is 10.7. The zero-order valence-corrected chi connectivity index (χ0v) is 18.3. The SMILES string of the molecule is COc1ccc(-c2cc(C(=O)Nc3ccc(Cl)cc3Cl)c3ccccc3n2)c(OC)c1. The van der Waals surface area contributed by atoms with E-state index in [-0.39, 0.29) is 5.91 Å². The molecular weight excluding hydrogens is 435 g/mol. The molecule has 4 rings (SSSR count). The van der Waals surface area contributed by atoms with Crippen molar-refractivity contribution in [3.63, 3.8) is 0 Å². The Morgan fingerprint density at radius 2 is 1.74 bits per heavy atom. The van der Waals surface area contributed by atoms with Crippen LogP contribution in [-0.4, -0.2) is 25.1 Å². The first-order valence-corrected chi connectivity index (χ1v) is 10.1. The fourth-order valence-electron chi connectivity index (χ4n) is 3.29. The molecule has 4 aromatic rings. The average molecular weight is 453 g/mol. The van der Waals surface area contributed by atoms with E-state index < -0.39 is 0 Å². The van der Waals surface area contributed by atoms with Crippen LogP contribution in [0.2, 0.25) is 10.0 Å². The number of rotatable bonds is 5. The van der Waals surface area contributed by atoms with Crippen LogP contribution < -0.4 is 14.8 Å². The molecule has 0 aliphatic heterocycles. The number of hydrogen-bond donors (Lipinski definition) is 1. The zero-order valence-electron chi connectivity index (χ0n) is 16.8. The standard InChI is InChI=1S/C24H18Cl2N2O3/c1-30-15-8-9-17(23(12-15)31-2)22-13-18(16-5-3-4-6-20(16)27-22)24(29)28-21-10-7-14(25)11-19(21)26/h3-13H,1-2H3,(H,28,29). The minimum Gasteiger partial charge on any atom is -0.497 e. The van der Waals surface area contributed by atoms with E-state index in [9.17, 15) is 4.79 Å². The van der Waals surface area contributed by atoms with Crippen LogP contribution in [0.15, 0.2) is 66.7 Å². The predicted octanol–water partition coefficient (Wildman–Crippen LogP) is 6.48. The number of benzene rings is 3. The van der Waals surface area contributed by atoms with E-state index in [4.69, 9.17) is 37.7 Å².